The first kappa shape index (κ1) is 24.0. The number of fused-ring (bicyclic) bond motifs is 8. The Morgan fingerprint density at radius 2 is 1.12 bits per heavy atom. The Balaban J connectivity index is 1.28. The summed E-state index contributed by atoms with van der Waals surface area (Å²) in [4.78, 5) is 0. The molecule has 1 aromatic heterocycles. The van der Waals surface area contributed by atoms with Crippen molar-refractivity contribution >= 4 is 44.1 Å². The molecule has 0 radical (unpaired) electrons. The van der Waals surface area contributed by atoms with Gasteiger partial charge in [-0.25, -0.2) is 0 Å². The normalized spacial score (nSPS) is 13.3. The molecular weight excluding hydrogens is 522 g/mol. The molecule has 2 heteroatoms. The third-order valence-corrected chi connectivity index (χ3v) is 9.10. The van der Waals surface area contributed by atoms with Crippen molar-refractivity contribution in [3.8, 4) is 11.1 Å². The summed E-state index contributed by atoms with van der Waals surface area (Å²) in [6.07, 6.45) is 0. The first-order valence-electron chi connectivity index (χ1n) is 14.8. The van der Waals surface area contributed by atoms with Gasteiger partial charge in [-0.3, -0.25) is 0 Å². The lowest BCUT2D eigenvalue weighted by atomic mass is 9.67. The average molecular weight is 550 g/mol. The number of rotatable bonds is 4. The fraction of sp³-hybridized carbons (Fsp3) is 0.0244. The van der Waals surface area contributed by atoms with Gasteiger partial charge < -0.3 is 9.73 Å². The monoisotopic (exact) mass is 549 g/mol. The lowest BCUT2D eigenvalue weighted by Crippen LogP contribution is -2.28. The predicted octanol–water partition coefficient (Wildman–Crippen LogP) is 10.8. The van der Waals surface area contributed by atoms with Crippen LogP contribution in [-0.4, -0.2) is 0 Å². The van der Waals surface area contributed by atoms with Gasteiger partial charge in [0.1, 0.15) is 11.2 Å². The van der Waals surface area contributed by atoms with E-state index in [1.165, 1.54) is 33.4 Å². The van der Waals surface area contributed by atoms with Crippen molar-refractivity contribution in [3.63, 3.8) is 0 Å². The van der Waals surface area contributed by atoms with Crippen LogP contribution >= 0.6 is 0 Å². The second-order valence-corrected chi connectivity index (χ2v) is 11.4. The molecular formula is C41H27NO. The Bertz CT molecular complexity index is 2280. The minimum atomic E-state index is -0.437. The highest BCUT2D eigenvalue weighted by Gasteiger charge is 2.45. The van der Waals surface area contributed by atoms with E-state index in [9.17, 15) is 0 Å². The molecule has 0 bridgehead atoms. The highest BCUT2D eigenvalue weighted by molar-refractivity contribution is 6.21. The zero-order valence-electron chi connectivity index (χ0n) is 23.4. The second-order valence-electron chi connectivity index (χ2n) is 11.4. The van der Waals surface area contributed by atoms with Gasteiger partial charge in [-0.1, -0.05) is 133 Å². The van der Waals surface area contributed by atoms with Gasteiger partial charge in [0.25, 0.3) is 0 Å². The summed E-state index contributed by atoms with van der Waals surface area (Å²) in [5, 5.41) is 8.32. The summed E-state index contributed by atoms with van der Waals surface area (Å²) < 4.78 is 6.46. The average Bonchev–Trinajstić information content (AvgIpc) is 3.61. The van der Waals surface area contributed by atoms with Crippen molar-refractivity contribution < 1.29 is 4.42 Å². The number of anilines is 2. The van der Waals surface area contributed by atoms with Crippen LogP contribution in [0.2, 0.25) is 0 Å². The zero-order valence-corrected chi connectivity index (χ0v) is 23.4. The third-order valence-electron chi connectivity index (χ3n) is 9.10. The summed E-state index contributed by atoms with van der Waals surface area (Å²) in [6, 6.07) is 56.6. The minimum absolute atomic E-state index is 0.437. The van der Waals surface area contributed by atoms with Gasteiger partial charge in [-0.15, -0.1) is 0 Å². The van der Waals surface area contributed by atoms with Crippen LogP contribution in [0.1, 0.15) is 22.3 Å². The Morgan fingerprint density at radius 1 is 0.488 bits per heavy atom. The molecule has 0 aliphatic heterocycles. The van der Waals surface area contributed by atoms with E-state index in [1.807, 2.05) is 12.1 Å². The molecule has 0 saturated heterocycles. The van der Waals surface area contributed by atoms with Gasteiger partial charge in [0.2, 0.25) is 0 Å². The van der Waals surface area contributed by atoms with Crippen LogP contribution in [0.3, 0.4) is 0 Å². The number of nitrogens with one attached hydrogen (secondary N) is 1. The van der Waals surface area contributed by atoms with E-state index in [0.29, 0.717) is 0 Å². The van der Waals surface area contributed by atoms with Gasteiger partial charge in [-0.2, -0.15) is 0 Å². The van der Waals surface area contributed by atoms with Crippen LogP contribution in [0.5, 0.6) is 0 Å². The first-order chi connectivity index (χ1) is 21.3. The van der Waals surface area contributed by atoms with Crippen LogP contribution in [0.4, 0.5) is 11.4 Å². The molecule has 0 fully saturated rings. The molecule has 1 N–H and O–H groups in total. The minimum Gasteiger partial charge on any atom is -0.455 e. The molecule has 202 valence electrons. The maximum Gasteiger partial charge on any atom is 0.145 e. The molecule has 9 rings (SSSR count). The fourth-order valence-corrected chi connectivity index (χ4v) is 7.36. The smallest absolute Gasteiger partial charge is 0.145 e. The van der Waals surface area contributed by atoms with E-state index in [1.54, 1.807) is 0 Å². The van der Waals surface area contributed by atoms with Crippen LogP contribution in [0, 0.1) is 0 Å². The zero-order chi connectivity index (χ0) is 28.4. The lowest BCUT2D eigenvalue weighted by Gasteiger charge is -2.34. The fourth-order valence-electron chi connectivity index (χ4n) is 7.36. The molecule has 2 nitrogen and oxygen atoms in total. The van der Waals surface area contributed by atoms with E-state index in [0.717, 1.165) is 44.1 Å². The topological polar surface area (TPSA) is 25.2 Å². The van der Waals surface area contributed by atoms with E-state index >= 15 is 0 Å². The van der Waals surface area contributed by atoms with E-state index in [4.69, 9.17) is 4.42 Å². The lowest BCUT2D eigenvalue weighted by molar-refractivity contribution is 0.673. The largest absolute Gasteiger partial charge is 0.455 e. The van der Waals surface area contributed by atoms with Crippen molar-refractivity contribution in [2.24, 2.45) is 0 Å². The van der Waals surface area contributed by atoms with Crippen molar-refractivity contribution in [3.05, 3.63) is 180 Å². The number of para-hydroxylation sites is 1. The van der Waals surface area contributed by atoms with Crippen molar-refractivity contribution in [2.75, 3.05) is 5.32 Å². The van der Waals surface area contributed by atoms with Crippen molar-refractivity contribution in [1.29, 1.82) is 0 Å². The van der Waals surface area contributed by atoms with Crippen LogP contribution < -0.4 is 5.32 Å². The second kappa shape index (κ2) is 9.20. The molecule has 7 aromatic carbocycles. The maximum atomic E-state index is 6.46. The summed E-state index contributed by atoms with van der Waals surface area (Å²) >= 11 is 0. The standard InChI is InChI=1S/C41H27NO/c1-2-14-28(15-3-1)41(35-22-9-6-19-32(35)33-20-7-10-23-36(33)41)29-16-12-17-30(26-29)42-37-25-27-13-4-5-18-31(27)40-39(37)34-21-8-11-24-38(34)43-40/h1-26,42H. The van der Waals surface area contributed by atoms with E-state index in [2.05, 4.69) is 151 Å². The molecule has 0 unspecified atom stereocenters. The van der Waals surface area contributed by atoms with Crippen molar-refractivity contribution in [1.82, 2.24) is 0 Å². The highest BCUT2D eigenvalue weighted by Crippen LogP contribution is 2.56. The molecule has 1 aliphatic carbocycles. The Labute approximate surface area is 249 Å². The number of furan rings is 1. The summed E-state index contributed by atoms with van der Waals surface area (Å²) in [7, 11) is 0. The number of benzene rings is 7. The SMILES string of the molecule is c1ccc(C2(c3cccc(Nc4cc5ccccc5c5oc6ccccc6c45)c3)c3ccccc3-c3ccccc32)cc1. The maximum absolute atomic E-state index is 6.46. The molecule has 8 aromatic rings. The molecule has 1 aliphatic rings. The van der Waals surface area contributed by atoms with Crippen molar-refractivity contribution in [2.45, 2.75) is 5.41 Å². The Hall–Kier alpha value is -5.60. The summed E-state index contributed by atoms with van der Waals surface area (Å²) in [5.74, 6) is 0. The van der Waals surface area contributed by atoms with Gasteiger partial charge in [0.05, 0.1) is 16.5 Å². The van der Waals surface area contributed by atoms with Gasteiger partial charge in [0, 0.05) is 16.5 Å². The predicted molar refractivity (Wildman–Crippen MR) is 178 cm³/mol. The molecule has 0 amide bonds. The summed E-state index contributed by atoms with van der Waals surface area (Å²) in [6.45, 7) is 0. The van der Waals surface area contributed by atoms with Gasteiger partial charge in [-0.05, 0) is 63.0 Å². The van der Waals surface area contributed by atoms with Crippen LogP contribution in [0.15, 0.2) is 162 Å². The first-order valence-corrected chi connectivity index (χ1v) is 14.8. The molecule has 0 atom stereocenters. The number of hydrogen-bond acceptors (Lipinski definition) is 2. The Morgan fingerprint density at radius 3 is 1.91 bits per heavy atom. The molecule has 1 heterocycles. The molecule has 43 heavy (non-hydrogen) atoms. The van der Waals surface area contributed by atoms with Gasteiger partial charge >= 0.3 is 0 Å². The van der Waals surface area contributed by atoms with E-state index < -0.39 is 5.41 Å². The van der Waals surface area contributed by atoms with E-state index in [-0.39, 0.29) is 0 Å². The molecule has 0 saturated carbocycles. The quantitative estimate of drug-likeness (QED) is 0.236. The van der Waals surface area contributed by atoms with Crippen LogP contribution in [0.25, 0.3) is 43.8 Å². The highest BCUT2D eigenvalue weighted by atomic mass is 16.3. The Kier molecular flexibility index (Phi) is 5.15. The third kappa shape index (κ3) is 3.41. The number of hydrogen-bond donors (Lipinski definition) is 1. The van der Waals surface area contributed by atoms with Crippen LogP contribution in [-0.2, 0) is 5.41 Å². The molecule has 0 spiro atoms. The van der Waals surface area contributed by atoms with Gasteiger partial charge in [0.15, 0.2) is 0 Å². The summed E-state index contributed by atoms with van der Waals surface area (Å²) in [5.41, 5.74) is 11.2.